The molecule has 2 aromatic rings. The summed E-state index contributed by atoms with van der Waals surface area (Å²) in [5, 5.41) is 0. The number of benzene rings is 1. The van der Waals surface area contributed by atoms with Gasteiger partial charge < -0.3 is 19.0 Å². The van der Waals surface area contributed by atoms with Crippen LogP contribution in [0.3, 0.4) is 0 Å². The minimum Gasteiger partial charge on any atom is -0.472 e. The van der Waals surface area contributed by atoms with Gasteiger partial charge in [0.05, 0.1) is 37.0 Å². The molecule has 6 heteroatoms. The molecule has 2 bridgehead atoms. The highest BCUT2D eigenvalue weighted by Gasteiger charge is 2.67. The van der Waals surface area contributed by atoms with E-state index in [1.54, 1.807) is 29.4 Å². The summed E-state index contributed by atoms with van der Waals surface area (Å²) >= 11 is 0. The minimum absolute atomic E-state index is 0.0331. The molecule has 2 amide bonds. The maximum absolute atomic E-state index is 13.5. The zero-order chi connectivity index (χ0) is 21.0. The highest BCUT2D eigenvalue weighted by molar-refractivity contribution is 6.03. The second kappa shape index (κ2) is 6.84. The van der Waals surface area contributed by atoms with Crippen molar-refractivity contribution in [3.8, 4) is 0 Å². The topological polar surface area (TPSA) is 63.0 Å². The number of rotatable bonds is 5. The molecule has 156 valence electrons. The fraction of sp³-hybridized carbons (Fsp3) is 0.417. The van der Waals surface area contributed by atoms with E-state index in [1.165, 1.54) is 5.56 Å². The molecule has 4 atom stereocenters. The Morgan fingerprint density at radius 3 is 2.70 bits per heavy atom. The molecule has 2 fully saturated rings. The van der Waals surface area contributed by atoms with Crippen molar-refractivity contribution in [3.63, 3.8) is 0 Å². The van der Waals surface area contributed by atoms with E-state index in [9.17, 15) is 9.59 Å². The first kappa shape index (κ1) is 19.1. The molecule has 4 heterocycles. The lowest BCUT2D eigenvalue weighted by Gasteiger charge is -2.27. The van der Waals surface area contributed by atoms with Crippen molar-refractivity contribution in [2.75, 3.05) is 18.5 Å². The van der Waals surface area contributed by atoms with Gasteiger partial charge in [-0.15, -0.1) is 0 Å². The third kappa shape index (κ3) is 2.82. The van der Waals surface area contributed by atoms with Crippen LogP contribution in [0.25, 0.3) is 0 Å². The minimum atomic E-state index is -0.713. The lowest BCUT2D eigenvalue weighted by molar-refractivity contribution is -0.139. The van der Waals surface area contributed by atoms with Crippen molar-refractivity contribution in [3.05, 3.63) is 66.1 Å². The van der Waals surface area contributed by atoms with Crippen molar-refractivity contribution in [2.45, 2.75) is 38.0 Å². The van der Waals surface area contributed by atoms with Crippen LogP contribution >= 0.6 is 0 Å². The van der Waals surface area contributed by atoms with E-state index in [4.69, 9.17) is 9.15 Å². The summed E-state index contributed by atoms with van der Waals surface area (Å²) in [6.07, 6.45) is 6.82. The first-order chi connectivity index (χ1) is 14.4. The molecule has 1 aromatic heterocycles. The predicted molar refractivity (Wildman–Crippen MR) is 112 cm³/mol. The van der Waals surface area contributed by atoms with Gasteiger partial charge in [0.15, 0.2) is 0 Å². The Bertz CT molecular complexity index is 995. The summed E-state index contributed by atoms with van der Waals surface area (Å²) in [5.74, 6) is -0.658. The lowest BCUT2D eigenvalue weighted by Crippen LogP contribution is -2.44. The molecule has 0 unspecified atom stereocenters. The Morgan fingerprint density at radius 1 is 1.27 bits per heavy atom. The van der Waals surface area contributed by atoms with Crippen LogP contribution in [0.2, 0.25) is 0 Å². The summed E-state index contributed by atoms with van der Waals surface area (Å²) < 4.78 is 11.4. The zero-order valence-corrected chi connectivity index (χ0v) is 17.4. The van der Waals surface area contributed by atoms with E-state index in [-0.39, 0.29) is 17.9 Å². The van der Waals surface area contributed by atoms with Gasteiger partial charge in [0, 0.05) is 24.8 Å². The van der Waals surface area contributed by atoms with Crippen molar-refractivity contribution in [1.29, 1.82) is 0 Å². The first-order valence-electron chi connectivity index (χ1n) is 10.4. The van der Waals surface area contributed by atoms with Gasteiger partial charge in [-0.3, -0.25) is 9.59 Å². The molecule has 3 aliphatic heterocycles. The standard InChI is InChI=1S/C24H26N2O4/c1-15(2)17-4-6-18(7-5-17)26-14-24-10-8-19(30-24)20(21(24)23(26)28)22(27)25(3)12-16-9-11-29-13-16/h4-11,13,15,19-21H,12,14H2,1-3H3/t19-,20-,21+,24-/m0/s1. The summed E-state index contributed by atoms with van der Waals surface area (Å²) in [6.45, 7) is 5.18. The second-order valence-corrected chi connectivity index (χ2v) is 8.90. The van der Waals surface area contributed by atoms with Gasteiger partial charge in [-0.1, -0.05) is 38.1 Å². The number of nitrogens with zero attached hydrogens (tertiary/aromatic N) is 2. The van der Waals surface area contributed by atoms with Gasteiger partial charge in [0.1, 0.15) is 5.60 Å². The molecule has 0 saturated carbocycles. The largest absolute Gasteiger partial charge is 0.472 e. The Morgan fingerprint density at radius 2 is 2.03 bits per heavy atom. The van der Waals surface area contributed by atoms with Crippen LogP contribution in [-0.2, 0) is 20.9 Å². The molecule has 0 N–H and O–H groups in total. The third-order valence-electron chi connectivity index (χ3n) is 6.63. The average Bonchev–Trinajstić information content (AvgIpc) is 3.50. The van der Waals surface area contributed by atoms with Crippen LogP contribution in [0, 0.1) is 11.8 Å². The maximum Gasteiger partial charge on any atom is 0.234 e. The normalized spacial score (nSPS) is 29.1. The molecule has 1 aromatic carbocycles. The van der Waals surface area contributed by atoms with Crippen LogP contribution in [-0.4, -0.2) is 42.0 Å². The van der Waals surface area contributed by atoms with Crippen LogP contribution < -0.4 is 4.90 Å². The molecular weight excluding hydrogens is 380 g/mol. The van der Waals surface area contributed by atoms with Gasteiger partial charge >= 0.3 is 0 Å². The first-order valence-corrected chi connectivity index (χ1v) is 10.4. The number of carbonyl (C=O) groups is 2. The molecule has 5 rings (SSSR count). The molecule has 30 heavy (non-hydrogen) atoms. The summed E-state index contributed by atoms with van der Waals surface area (Å²) in [4.78, 5) is 30.2. The average molecular weight is 406 g/mol. The molecule has 2 saturated heterocycles. The Hall–Kier alpha value is -2.86. The SMILES string of the molecule is CC(C)c1ccc(N2C[C@]34C=C[C@H](O3)[C@H](C(=O)N(C)Cc3ccoc3)[C@@H]4C2=O)cc1. The van der Waals surface area contributed by atoms with E-state index in [1.807, 2.05) is 30.4 Å². The number of fused-ring (bicyclic) bond motifs is 1. The van der Waals surface area contributed by atoms with E-state index in [2.05, 4.69) is 26.0 Å². The monoisotopic (exact) mass is 406 g/mol. The Balaban J connectivity index is 1.40. The summed E-state index contributed by atoms with van der Waals surface area (Å²) in [7, 11) is 1.76. The Labute approximate surface area is 176 Å². The van der Waals surface area contributed by atoms with E-state index < -0.39 is 17.4 Å². The molecular formula is C24H26N2O4. The predicted octanol–water partition coefficient (Wildman–Crippen LogP) is 3.35. The van der Waals surface area contributed by atoms with Crippen molar-refractivity contribution in [2.24, 2.45) is 11.8 Å². The molecule has 3 aliphatic rings. The highest BCUT2D eigenvalue weighted by atomic mass is 16.5. The molecule has 0 aliphatic carbocycles. The number of anilines is 1. The molecule has 1 spiro atoms. The van der Waals surface area contributed by atoms with Gasteiger partial charge in [-0.05, 0) is 29.7 Å². The molecule has 6 nitrogen and oxygen atoms in total. The van der Waals surface area contributed by atoms with E-state index in [0.717, 1.165) is 11.3 Å². The van der Waals surface area contributed by atoms with Crippen molar-refractivity contribution < 1.29 is 18.7 Å². The summed E-state index contributed by atoms with van der Waals surface area (Å²) in [5.41, 5.74) is 2.29. The lowest BCUT2D eigenvalue weighted by atomic mass is 9.76. The maximum atomic E-state index is 13.5. The highest BCUT2D eigenvalue weighted by Crippen LogP contribution is 2.53. The van der Waals surface area contributed by atoms with Gasteiger partial charge in [0.25, 0.3) is 0 Å². The van der Waals surface area contributed by atoms with Crippen LogP contribution in [0.15, 0.2) is 59.4 Å². The van der Waals surface area contributed by atoms with Crippen LogP contribution in [0.1, 0.15) is 30.9 Å². The van der Waals surface area contributed by atoms with Gasteiger partial charge in [0.2, 0.25) is 11.8 Å². The number of amides is 2. The number of furan rings is 1. The zero-order valence-electron chi connectivity index (χ0n) is 17.4. The third-order valence-corrected chi connectivity index (χ3v) is 6.63. The fourth-order valence-corrected chi connectivity index (χ4v) is 5.03. The van der Waals surface area contributed by atoms with E-state index >= 15 is 0 Å². The van der Waals surface area contributed by atoms with Crippen LogP contribution in [0.5, 0.6) is 0 Å². The number of ether oxygens (including phenoxy) is 1. The van der Waals surface area contributed by atoms with Crippen molar-refractivity contribution >= 4 is 17.5 Å². The number of carbonyl (C=O) groups excluding carboxylic acids is 2. The van der Waals surface area contributed by atoms with Gasteiger partial charge in [-0.25, -0.2) is 0 Å². The fourth-order valence-electron chi connectivity index (χ4n) is 5.03. The Kier molecular flexibility index (Phi) is 4.36. The number of hydrogen-bond acceptors (Lipinski definition) is 4. The van der Waals surface area contributed by atoms with E-state index in [0.29, 0.717) is 19.0 Å². The second-order valence-electron chi connectivity index (χ2n) is 8.90. The quantitative estimate of drug-likeness (QED) is 0.715. The summed E-state index contributed by atoms with van der Waals surface area (Å²) in [6, 6.07) is 9.95. The van der Waals surface area contributed by atoms with Gasteiger partial charge in [-0.2, -0.15) is 0 Å². The van der Waals surface area contributed by atoms with Crippen LogP contribution in [0.4, 0.5) is 5.69 Å². The molecule has 0 radical (unpaired) electrons. The number of hydrogen-bond donors (Lipinski definition) is 0. The smallest absolute Gasteiger partial charge is 0.234 e. The van der Waals surface area contributed by atoms with Crippen molar-refractivity contribution in [1.82, 2.24) is 4.90 Å².